The Balaban J connectivity index is 3.78. The molecule has 0 saturated heterocycles. The molecule has 7 nitrogen and oxygen atoms in total. The van der Waals surface area contributed by atoms with E-state index in [-0.39, 0.29) is 0 Å². The minimum absolute atomic E-state index is 1.23. The highest BCUT2D eigenvalue weighted by Gasteiger charge is 2.61. The van der Waals surface area contributed by atoms with Gasteiger partial charge in [-0.25, -0.2) is 52.7 Å². The summed E-state index contributed by atoms with van der Waals surface area (Å²) in [5.74, 6) is -3.82. The maximum atomic E-state index is 12.9. The fraction of sp³-hybridized carbons (Fsp3) is 0.750. The molecule has 0 aromatic carbocycles. The molecule has 1 N–H and O–H groups in total. The second-order valence-electron chi connectivity index (χ2n) is 6.14. The molecule has 0 bridgehead atoms. The fourth-order valence-corrected chi connectivity index (χ4v) is 4.49. The first-order valence-corrected chi connectivity index (χ1v) is 11.1. The van der Waals surface area contributed by atoms with Crippen LogP contribution in [0.5, 0.6) is 0 Å². The third-order valence-electron chi connectivity index (χ3n) is 3.29. The van der Waals surface area contributed by atoms with E-state index in [9.17, 15) is 52.7 Å². The van der Waals surface area contributed by atoms with Crippen LogP contribution >= 0.6 is 7.87 Å². The highest BCUT2D eigenvalue weighted by Crippen LogP contribution is 2.69. The van der Waals surface area contributed by atoms with E-state index in [0.717, 1.165) is 0 Å². The summed E-state index contributed by atoms with van der Waals surface area (Å²) in [5, 5.41) is 1.86. The van der Waals surface area contributed by atoms with Gasteiger partial charge in [0.1, 0.15) is 13.2 Å². The predicted octanol–water partition coefficient (Wildman–Crippen LogP) is 5.38. The molecule has 0 spiro atoms. The van der Waals surface area contributed by atoms with E-state index in [1.165, 1.54) is 0 Å². The lowest BCUT2D eigenvalue weighted by atomic mass is 10.4. The number of hydrogen-bond acceptors (Lipinski definition) is 7. The van der Waals surface area contributed by atoms with Gasteiger partial charge < -0.3 is 18.9 Å². The lowest BCUT2D eigenvalue weighted by molar-refractivity contribution is -0.00798. The van der Waals surface area contributed by atoms with Crippen molar-refractivity contribution in [1.29, 1.82) is 0 Å². The standard InChI is InChI=1S/C16H19F12NO6P/c17-7(18)1-30-13-14(31-2-8(19)20)16(33-4-10(23)24)36(34-5-11(25)26,35-6-12(27)28)29-15(13)32-3-9(21)22/h7-12,29H,1-6H2/q+1. The summed E-state index contributed by atoms with van der Waals surface area (Å²) in [4.78, 5) is 0. The zero-order chi connectivity index (χ0) is 27.5. The second-order valence-corrected chi connectivity index (χ2v) is 8.39. The molecule has 0 radical (unpaired) electrons. The van der Waals surface area contributed by atoms with E-state index >= 15 is 0 Å². The van der Waals surface area contributed by atoms with Crippen molar-refractivity contribution >= 4 is 7.87 Å². The number of halogens is 12. The van der Waals surface area contributed by atoms with Crippen molar-refractivity contribution in [3.05, 3.63) is 22.9 Å². The highest BCUT2D eigenvalue weighted by atomic mass is 31.2. The molecule has 0 saturated carbocycles. The van der Waals surface area contributed by atoms with Crippen molar-refractivity contribution in [3.63, 3.8) is 0 Å². The monoisotopic (exact) mass is 580 g/mol. The van der Waals surface area contributed by atoms with Gasteiger partial charge in [0.15, 0.2) is 26.4 Å². The van der Waals surface area contributed by atoms with Crippen LogP contribution in [-0.4, -0.2) is 78.2 Å². The summed E-state index contributed by atoms with van der Waals surface area (Å²) < 4.78 is 182. The molecule has 36 heavy (non-hydrogen) atoms. The molecule has 0 amide bonds. The van der Waals surface area contributed by atoms with Gasteiger partial charge in [-0.1, -0.05) is 0 Å². The smallest absolute Gasteiger partial charge is 0.451 e. The number of ether oxygens (including phenoxy) is 4. The minimum atomic E-state index is -4.93. The van der Waals surface area contributed by atoms with Gasteiger partial charge in [-0.2, -0.15) is 14.1 Å². The maximum absolute atomic E-state index is 12.9. The van der Waals surface area contributed by atoms with Crippen molar-refractivity contribution in [3.8, 4) is 0 Å². The number of nitrogens with one attached hydrogen (secondary N) is 1. The Morgan fingerprint density at radius 2 is 0.833 bits per heavy atom. The van der Waals surface area contributed by atoms with Gasteiger partial charge in [0.05, 0.1) is 0 Å². The van der Waals surface area contributed by atoms with Gasteiger partial charge >= 0.3 is 13.4 Å². The van der Waals surface area contributed by atoms with Gasteiger partial charge in [0.25, 0.3) is 50.2 Å². The molecule has 1 heterocycles. The van der Waals surface area contributed by atoms with Crippen LogP contribution in [0.25, 0.3) is 0 Å². The van der Waals surface area contributed by atoms with Crippen LogP contribution in [0.4, 0.5) is 52.7 Å². The van der Waals surface area contributed by atoms with Crippen LogP contribution in [0.1, 0.15) is 0 Å². The topological polar surface area (TPSA) is 67.4 Å². The molecule has 0 unspecified atom stereocenters. The first-order valence-electron chi connectivity index (χ1n) is 9.43. The quantitative estimate of drug-likeness (QED) is 0.173. The molecule has 1 aliphatic rings. The van der Waals surface area contributed by atoms with Crippen LogP contribution in [0, 0.1) is 0 Å². The van der Waals surface area contributed by atoms with E-state index in [1.54, 1.807) is 0 Å². The van der Waals surface area contributed by atoms with Crippen molar-refractivity contribution in [2.24, 2.45) is 0 Å². The highest BCUT2D eigenvalue weighted by molar-refractivity contribution is 7.68. The Labute approximate surface area is 195 Å². The predicted molar refractivity (Wildman–Crippen MR) is 95.8 cm³/mol. The van der Waals surface area contributed by atoms with Crippen LogP contribution < -0.4 is 5.09 Å². The second kappa shape index (κ2) is 15.3. The minimum Gasteiger partial charge on any atom is -0.479 e. The molecule has 1 rings (SSSR count). The average molecular weight is 580 g/mol. The molecule has 0 fully saturated rings. The van der Waals surface area contributed by atoms with Gasteiger partial charge in [0.2, 0.25) is 5.76 Å². The SMILES string of the molecule is FC(F)COC1=C(OCC(F)F)C(OCC(F)F)=C(OCC(F)F)[P+](OCC(F)F)(OCC(F)F)N1. The summed E-state index contributed by atoms with van der Waals surface area (Å²) in [6.45, 7) is -9.81. The van der Waals surface area contributed by atoms with Crippen molar-refractivity contribution in [1.82, 2.24) is 5.09 Å². The zero-order valence-corrected chi connectivity index (χ0v) is 18.5. The molecule has 0 atom stereocenters. The van der Waals surface area contributed by atoms with Crippen LogP contribution in [0.15, 0.2) is 22.9 Å². The fourth-order valence-electron chi connectivity index (χ4n) is 2.20. The van der Waals surface area contributed by atoms with Gasteiger partial charge in [-0.3, -0.25) is 0 Å². The van der Waals surface area contributed by atoms with Crippen molar-refractivity contribution in [2.75, 3.05) is 39.6 Å². The average Bonchev–Trinajstić information content (AvgIpc) is 2.76. The Bertz CT molecular complexity index is 716. The maximum Gasteiger partial charge on any atom is 0.451 e. The molecular formula is C16H19F12NO6P+. The van der Waals surface area contributed by atoms with E-state index in [2.05, 4.69) is 18.9 Å². The molecular weight excluding hydrogens is 561 g/mol. The Morgan fingerprint density at radius 3 is 1.25 bits per heavy atom. The van der Waals surface area contributed by atoms with Crippen molar-refractivity contribution in [2.45, 2.75) is 38.6 Å². The molecule has 212 valence electrons. The summed E-state index contributed by atoms with van der Waals surface area (Å²) in [6, 6.07) is 0. The Hall–Kier alpha value is -2.01. The summed E-state index contributed by atoms with van der Waals surface area (Å²) in [5.41, 5.74) is -1.35. The van der Waals surface area contributed by atoms with E-state index in [0.29, 0.717) is 0 Å². The first kappa shape index (κ1) is 32.0. The molecule has 0 aromatic heterocycles. The molecule has 0 aromatic rings. The van der Waals surface area contributed by atoms with E-state index in [4.69, 9.17) is 9.05 Å². The lowest BCUT2D eigenvalue weighted by Crippen LogP contribution is -2.34. The largest absolute Gasteiger partial charge is 0.479 e. The molecule has 0 aliphatic carbocycles. The summed E-state index contributed by atoms with van der Waals surface area (Å²) in [6.07, 6.45) is -20.0. The van der Waals surface area contributed by atoms with Gasteiger partial charge in [-0.05, 0) is 0 Å². The van der Waals surface area contributed by atoms with Crippen LogP contribution in [0.3, 0.4) is 0 Å². The normalized spacial score (nSPS) is 16.2. The Morgan fingerprint density at radius 1 is 0.472 bits per heavy atom. The zero-order valence-electron chi connectivity index (χ0n) is 17.6. The van der Waals surface area contributed by atoms with E-state index in [1.807, 2.05) is 5.09 Å². The number of alkyl halides is 12. The van der Waals surface area contributed by atoms with Gasteiger partial charge in [0, 0.05) is 0 Å². The van der Waals surface area contributed by atoms with Crippen molar-refractivity contribution < 1.29 is 80.7 Å². The molecule has 20 heteroatoms. The number of rotatable bonds is 18. The van der Waals surface area contributed by atoms with Crippen LogP contribution in [-0.2, 0) is 28.0 Å². The first-order chi connectivity index (χ1) is 16.8. The van der Waals surface area contributed by atoms with Gasteiger partial charge in [-0.15, -0.1) is 0 Å². The third kappa shape index (κ3) is 10.9. The summed E-state index contributed by atoms with van der Waals surface area (Å²) >= 11 is 0. The lowest BCUT2D eigenvalue weighted by Gasteiger charge is -2.32. The summed E-state index contributed by atoms with van der Waals surface area (Å²) in [7, 11) is -4.93. The molecule has 1 aliphatic heterocycles. The van der Waals surface area contributed by atoms with E-state index < -0.39 is 109 Å². The Kier molecular flexibility index (Phi) is 13.6. The van der Waals surface area contributed by atoms with Crippen LogP contribution in [0.2, 0.25) is 0 Å². The third-order valence-corrected chi connectivity index (χ3v) is 5.68. The number of hydrogen-bond donors (Lipinski definition) is 1.